The number of hydrogen-bond acceptors (Lipinski definition) is 5. The van der Waals surface area contributed by atoms with Crippen molar-refractivity contribution in [1.29, 1.82) is 5.26 Å². The van der Waals surface area contributed by atoms with Crippen molar-refractivity contribution < 1.29 is 19.4 Å². The average molecular weight is 530 g/mol. The molecule has 1 fully saturated rings. The number of amides is 2. The van der Waals surface area contributed by atoms with Crippen molar-refractivity contribution in [2.45, 2.75) is 51.7 Å². The largest absolute Gasteiger partial charge is 0.490 e. The number of nitrogens with zero attached hydrogens (tertiary/aromatic N) is 3. The minimum absolute atomic E-state index is 0.0407. The Morgan fingerprint density at radius 1 is 1.21 bits per heavy atom. The summed E-state index contributed by atoms with van der Waals surface area (Å²) in [6.07, 6.45) is 2.46. The summed E-state index contributed by atoms with van der Waals surface area (Å²) < 4.78 is 5.73. The van der Waals surface area contributed by atoms with E-state index < -0.39 is 5.97 Å². The molecule has 1 unspecified atom stereocenters. The van der Waals surface area contributed by atoms with E-state index in [1.807, 2.05) is 38.1 Å². The van der Waals surface area contributed by atoms with Gasteiger partial charge in [-0.3, -0.25) is 9.79 Å². The van der Waals surface area contributed by atoms with Crippen LogP contribution in [0.4, 0.5) is 4.79 Å². The lowest BCUT2D eigenvalue weighted by Gasteiger charge is -2.31. The van der Waals surface area contributed by atoms with Gasteiger partial charge in [-0.15, -0.1) is 0 Å². The predicted octanol–water partition coefficient (Wildman–Crippen LogP) is 4.48. The quantitative estimate of drug-likeness (QED) is 0.359. The molecule has 39 heavy (non-hydrogen) atoms. The highest BCUT2D eigenvalue weighted by Gasteiger charge is 2.31. The van der Waals surface area contributed by atoms with Crippen molar-refractivity contribution in [2.75, 3.05) is 20.1 Å². The van der Waals surface area contributed by atoms with Gasteiger partial charge >= 0.3 is 12.0 Å². The molecule has 0 radical (unpaired) electrons. The Labute approximate surface area is 229 Å². The molecule has 4 rings (SSSR count). The van der Waals surface area contributed by atoms with Crippen LogP contribution in [0.3, 0.4) is 0 Å². The molecule has 2 amide bonds. The van der Waals surface area contributed by atoms with Crippen LogP contribution < -0.4 is 15.4 Å². The number of carbonyl (C=O) groups is 2. The fourth-order valence-electron chi connectivity index (χ4n) is 5.22. The number of carbonyl (C=O) groups excluding carboxylic acids is 1. The molecule has 9 nitrogen and oxygen atoms in total. The Morgan fingerprint density at radius 2 is 1.95 bits per heavy atom. The number of benzene rings is 2. The highest BCUT2D eigenvalue weighted by molar-refractivity contribution is 6.04. The average Bonchev–Trinajstić information content (AvgIpc) is 3.34. The predicted molar refractivity (Wildman–Crippen MR) is 150 cm³/mol. The molecule has 0 bridgehead atoms. The van der Waals surface area contributed by atoms with E-state index in [9.17, 15) is 20.0 Å². The maximum Gasteiger partial charge on any atom is 0.317 e. The zero-order valence-electron chi connectivity index (χ0n) is 22.7. The van der Waals surface area contributed by atoms with Crippen molar-refractivity contribution >= 4 is 23.5 Å². The van der Waals surface area contributed by atoms with Crippen LogP contribution in [0.15, 0.2) is 48.0 Å². The zero-order valence-corrected chi connectivity index (χ0v) is 22.7. The molecule has 1 heterocycles. The molecule has 2 aliphatic rings. The van der Waals surface area contributed by atoms with Crippen LogP contribution >= 0.6 is 0 Å². The summed E-state index contributed by atoms with van der Waals surface area (Å²) in [7, 11) is 1.71. The van der Waals surface area contributed by atoms with E-state index in [1.165, 1.54) is 0 Å². The minimum Gasteiger partial charge on any atom is -0.490 e. The molecule has 9 heteroatoms. The summed E-state index contributed by atoms with van der Waals surface area (Å²) in [5.74, 6) is 0.0181. The minimum atomic E-state index is -0.792. The summed E-state index contributed by atoms with van der Waals surface area (Å²) in [6, 6.07) is 13.3. The number of hydrogen-bond donors (Lipinski definition) is 3. The maximum atomic E-state index is 12.9. The molecule has 1 aliphatic heterocycles. The molecule has 2 aromatic carbocycles. The lowest BCUT2D eigenvalue weighted by atomic mass is 9.97. The maximum absolute atomic E-state index is 12.9. The third-order valence-corrected chi connectivity index (χ3v) is 7.26. The number of aliphatic carboxylic acids is 1. The first kappa shape index (κ1) is 27.7. The highest BCUT2D eigenvalue weighted by Crippen LogP contribution is 2.34. The summed E-state index contributed by atoms with van der Waals surface area (Å²) in [4.78, 5) is 30.4. The van der Waals surface area contributed by atoms with Gasteiger partial charge in [0.2, 0.25) is 0 Å². The van der Waals surface area contributed by atoms with Crippen LogP contribution in [0.25, 0.3) is 5.70 Å². The first-order valence-corrected chi connectivity index (χ1v) is 13.3. The van der Waals surface area contributed by atoms with Crippen LogP contribution in [0.2, 0.25) is 0 Å². The van der Waals surface area contributed by atoms with Gasteiger partial charge in [-0.25, -0.2) is 4.79 Å². The molecule has 3 N–H and O–H groups in total. The summed E-state index contributed by atoms with van der Waals surface area (Å²) in [5.41, 5.74) is 4.91. The van der Waals surface area contributed by atoms with Crippen LogP contribution in [0, 0.1) is 17.2 Å². The Balaban J connectivity index is 1.46. The number of nitrogens with one attached hydrogen (secondary N) is 2. The number of nitriles is 1. The number of likely N-dealkylation sites (tertiary alicyclic amines) is 1. The number of piperidine rings is 1. The summed E-state index contributed by atoms with van der Waals surface area (Å²) in [6.45, 7) is 8.90. The number of carboxylic acids is 1. The fourth-order valence-corrected chi connectivity index (χ4v) is 5.22. The Hall–Kier alpha value is -4.32. The van der Waals surface area contributed by atoms with Crippen molar-refractivity contribution in [3.63, 3.8) is 0 Å². The lowest BCUT2D eigenvalue weighted by Crippen LogP contribution is -2.46. The molecule has 0 spiro atoms. The van der Waals surface area contributed by atoms with E-state index in [0.29, 0.717) is 48.8 Å². The molecule has 204 valence electrons. The molecular weight excluding hydrogens is 494 g/mol. The van der Waals surface area contributed by atoms with Crippen molar-refractivity contribution in [2.24, 2.45) is 10.9 Å². The van der Waals surface area contributed by atoms with Gasteiger partial charge < -0.3 is 25.4 Å². The third-order valence-electron chi connectivity index (χ3n) is 7.26. The first-order chi connectivity index (χ1) is 18.7. The molecule has 1 saturated heterocycles. The van der Waals surface area contributed by atoms with E-state index >= 15 is 0 Å². The van der Waals surface area contributed by atoms with Crippen molar-refractivity contribution in [3.8, 4) is 11.8 Å². The second kappa shape index (κ2) is 12.0. The highest BCUT2D eigenvalue weighted by atomic mass is 16.5. The summed E-state index contributed by atoms with van der Waals surface area (Å²) in [5, 5.41) is 25.3. The van der Waals surface area contributed by atoms with E-state index in [-0.39, 0.29) is 24.1 Å². The van der Waals surface area contributed by atoms with Crippen molar-refractivity contribution in [1.82, 2.24) is 15.5 Å². The fraction of sp³-hybridized carbons (Fsp3) is 0.400. The van der Waals surface area contributed by atoms with E-state index in [4.69, 9.17) is 4.74 Å². The molecule has 1 atom stereocenters. The number of fused-ring (bicyclic) bond motifs is 1. The van der Waals surface area contributed by atoms with Gasteiger partial charge in [0.15, 0.2) is 0 Å². The van der Waals surface area contributed by atoms with Crippen LogP contribution in [0.1, 0.15) is 67.0 Å². The third kappa shape index (κ3) is 6.23. The molecule has 0 saturated carbocycles. The van der Waals surface area contributed by atoms with E-state index in [1.54, 1.807) is 24.1 Å². The Bertz CT molecular complexity index is 1340. The standard InChI is InChI=1S/C30H35N5O4/c1-18(2)39-27-11-8-21(16-22(27)17-31)19(3)33-28(32-4)25-7-5-6-24-23(25)9-10-26(24)34-30(38)35-14-12-20(13-15-35)29(36)37/h5-8,11,16,18,20,26H,3,9-10,12-15H2,1-2,4H3,(H,32,33)(H,34,38)(H,36,37). The van der Waals surface area contributed by atoms with Crippen LogP contribution in [-0.4, -0.2) is 54.1 Å². The molecular formula is C30H35N5O4. The zero-order chi connectivity index (χ0) is 28.1. The monoisotopic (exact) mass is 529 g/mol. The number of rotatable bonds is 7. The van der Waals surface area contributed by atoms with Gasteiger partial charge in [0.25, 0.3) is 0 Å². The van der Waals surface area contributed by atoms with Gasteiger partial charge in [0, 0.05) is 31.4 Å². The van der Waals surface area contributed by atoms with Gasteiger partial charge in [-0.2, -0.15) is 5.26 Å². The topological polar surface area (TPSA) is 127 Å². The number of ether oxygens (including phenoxy) is 1. The van der Waals surface area contributed by atoms with Gasteiger partial charge in [0.05, 0.1) is 23.6 Å². The Morgan fingerprint density at radius 3 is 2.59 bits per heavy atom. The second-order valence-electron chi connectivity index (χ2n) is 10.2. The first-order valence-electron chi connectivity index (χ1n) is 13.3. The van der Waals surface area contributed by atoms with E-state index in [0.717, 1.165) is 35.1 Å². The second-order valence-corrected chi connectivity index (χ2v) is 10.2. The molecule has 1 aliphatic carbocycles. The number of aliphatic imine (C=N–C) groups is 1. The number of carboxylic acid groups (broad SMARTS) is 1. The number of amidine groups is 1. The van der Waals surface area contributed by atoms with Gasteiger partial charge in [-0.05, 0) is 74.4 Å². The lowest BCUT2D eigenvalue weighted by molar-refractivity contribution is -0.143. The Kier molecular flexibility index (Phi) is 8.55. The van der Waals surface area contributed by atoms with Crippen LogP contribution in [-0.2, 0) is 11.2 Å². The van der Waals surface area contributed by atoms with Gasteiger partial charge in [0.1, 0.15) is 17.7 Å². The van der Waals surface area contributed by atoms with Crippen molar-refractivity contribution in [3.05, 3.63) is 70.8 Å². The smallest absolute Gasteiger partial charge is 0.317 e. The molecule has 2 aromatic rings. The molecule has 0 aromatic heterocycles. The van der Waals surface area contributed by atoms with Crippen LogP contribution in [0.5, 0.6) is 5.75 Å². The normalized spacial score (nSPS) is 17.4. The summed E-state index contributed by atoms with van der Waals surface area (Å²) >= 11 is 0. The SMILES string of the molecule is C=C(NC(=NC)c1cccc2c1CCC2NC(=O)N1CCC(C(=O)O)CC1)c1ccc(OC(C)C)c(C#N)c1. The van der Waals surface area contributed by atoms with E-state index in [2.05, 4.69) is 28.3 Å². The van der Waals surface area contributed by atoms with Gasteiger partial charge in [-0.1, -0.05) is 24.8 Å². The number of urea groups is 1.